The quantitative estimate of drug-likeness (QED) is 0.402. The third-order valence-corrected chi connectivity index (χ3v) is 4.94. The third kappa shape index (κ3) is 3.94. The van der Waals surface area contributed by atoms with Gasteiger partial charge in [0, 0.05) is 17.5 Å². The van der Waals surface area contributed by atoms with Crippen molar-refractivity contribution in [3.05, 3.63) is 90.4 Å². The van der Waals surface area contributed by atoms with Crippen molar-refractivity contribution in [2.75, 3.05) is 0 Å². The summed E-state index contributed by atoms with van der Waals surface area (Å²) in [5.41, 5.74) is 2.01. The first-order chi connectivity index (χ1) is 16.0. The van der Waals surface area contributed by atoms with Crippen molar-refractivity contribution in [3.8, 4) is 34.3 Å². The fourth-order valence-electron chi connectivity index (χ4n) is 3.32. The number of aromatic hydroxyl groups is 1. The Morgan fingerprint density at radius 1 is 0.970 bits per heavy atom. The van der Waals surface area contributed by atoms with E-state index in [4.69, 9.17) is 4.74 Å². The van der Waals surface area contributed by atoms with Crippen molar-refractivity contribution >= 4 is 16.9 Å². The summed E-state index contributed by atoms with van der Waals surface area (Å²) in [5.74, 6) is -1.46. The number of nitrogens with zero attached hydrogens (tertiary/aromatic N) is 4. The van der Waals surface area contributed by atoms with Crippen molar-refractivity contribution < 1.29 is 24.1 Å². The summed E-state index contributed by atoms with van der Waals surface area (Å²) >= 11 is 0. The average molecular weight is 442 g/mol. The zero-order valence-electron chi connectivity index (χ0n) is 16.9. The number of phenols is 1. The van der Waals surface area contributed by atoms with E-state index in [1.165, 1.54) is 28.9 Å². The zero-order chi connectivity index (χ0) is 22.9. The van der Waals surface area contributed by atoms with E-state index < -0.39 is 17.5 Å². The standard InChI is InChI=1S/C24H15FN4O4/c25-18-11-15(8-9-22(18)30)29-13-21(27-28-29)20-12-23(17-6-1-2-7-19(17)26-20)33-16-5-3-4-14(10-16)24(31)32/h1-13,30H,(H,31,32). The smallest absolute Gasteiger partial charge is 0.335 e. The predicted molar refractivity (Wildman–Crippen MR) is 117 cm³/mol. The van der Waals surface area contributed by atoms with E-state index in [2.05, 4.69) is 15.3 Å². The topological polar surface area (TPSA) is 110 Å². The van der Waals surface area contributed by atoms with Gasteiger partial charge in [-0.3, -0.25) is 0 Å². The minimum Gasteiger partial charge on any atom is -0.505 e. The number of benzene rings is 3. The van der Waals surface area contributed by atoms with Crippen LogP contribution in [0.2, 0.25) is 0 Å². The van der Waals surface area contributed by atoms with E-state index >= 15 is 0 Å². The molecular formula is C24H15FN4O4. The summed E-state index contributed by atoms with van der Waals surface area (Å²) in [6, 6.07) is 19.1. The van der Waals surface area contributed by atoms with Gasteiger partial charge in [0.1, 0.15) is 17.2 Å². The van der Waals surface area contributed by atoms with Crippen LogP contribution in [0.4, 0.5) is 4.39 Å². The SMILES string of the molecule is O=C(O)c1cccc(Oc2cc(-c3cn(-c4ccc(O)c(F)c4)nn3)nc3ccccc23)c1. The Labute approximate surface area is 186 Å². The number of fused-ring (bicyclic) bond motifs is 1. The van der Waals surface area contributed by atoms with Crippen molar-refractivity contribution in [2.24, 2.45) is 0 Å². The number of carbonyl (C=O) groups is 1. The molecule has 0 spiro atoms. The molecule has 0 radical (unpaired) electrons. The fraction of sp³-hybridized carbons (Fsp3) is 0. The number of para-hydroxylation sites is 1. The van der Waals surface area contributed by atoms with E-state index in [0.29, 0.717) is 34.1 Å². The number of hydrogen-bond acceptors (Lipinski definition) is 6. The van der Waals surface area contributed by atoms with Gasteiger partial charge < -0.3 is 14.9 Å². The monoisotopic (exact) mass is 442 g/mol. The Morgan fingerprint density at radius 3 is 2.64 bits per heavy atom. The maximum absolute atomic E-state index is 13.7. The van der Waals surface area contributed by atoms with Crippen LogP contribution in [0, 0.1) is 5.82 Å². The fourth-order valence-corrected chi connectivity index (χ4v) is 3.32. The lowest BCUT2D eigenvalue weighted by Gasteiger charge is -2.11. The summed E-state index contributed by atoms with van der Waals surface area (Å²) in [6.07, 6.45) is 1.58. The molecule has 2 N–H and O–H groups in total. The maximum atomic E-state index is 13.7. The Kier molecular flexibility index (Phi) is 4.91. The van der Waals surface area contributed by atoms with Crippen LogP contribution in [-0.4, -0.2) is 36.2 Å². The summed E-state index contributed by atoms with van der Waals surface area (Å²) in [6.45, 7) is 0. The number of halogens is 1. The number of aromatic nitrogens is 4. The van der Waals surface area contributed by atoms with Crippen LogP contribution in [0.25, 0.3) is 28.0 Å². The number of carboxylic acids is 1. The van der Waals surface area contributed by atoms with Crippen molar-refractivity contribution in [3.63, 3.8) is 0 Å². The number of rotatable bonds is 5. The molecule has 5 rings (SSSR count). The van der Waals surface area contributed by atoms with Crippen LogP contribution in [-0.2, 0) is 0 Å². The van der Waals surface area contributed by atoms with Gasteiger partial charge in [0.2, 0.25) is 0 Å². The van der Waals surface area contributed by atoms with Crippen molar-refractivity contribution in [2.45, 2.75) is 0 Å². The van der Waals surface area contributed by atoms with Gasteiger partial charge in [-0.15, -0.1) is 5.10 Å². The number of carboxylic acid groups (broad SMARTS) is 1. The summed E-state index contributed by atoms with van der Waals surface area (Å²) in [7, 11) is 0. The second-order valence-corrected chi connectivity index (χ2v) is 7.14. The lowest BCUT2D eigenvalue weighted by Crippen LogP contribution is -1.97. The molecule has 0 unspecified atom stereocenters. The van der Waals surface area contributed by atoms with Crippen LogP contribution in [0.1, 0.15) is 10.4 Å². The molecule has 0 saturated carbocycles. The molecule has 0 saturated heterocycles. The minimum atomic E-state index is -1.05. The van der Waals surface area contributed by atoms with Crippen LogP contribution in [0.3, 0.4) is 0 Å². The highest BCUT2D eigenvalue weighted by atomic mass is 19.1. The maximum Gasteiger partial charge on any atom is 0.335 e. The van der Waals surface area contributed by atoms with Gasteiger partial charge in [0.15, 0.2) is 11.6 Å². The van der Waals surface area contributed by atoms with Gasteiger partial charge >= 0.3 is 5.97 Å². The Hall–Kier alpha value is -4.79. The molecule has 0 atom stereocenters. The first-order valence-corrected chi connectivity index (χ1v) is 9.80. The first-order valence-electron chi connectivity index (χ1n) is 9.80. The highest BCUT2D eigenvalue weighted by molar-refractivity contribution is 5.89. The molecule has 8 nitrogen and oxygen atoms in total. The Morgan fingerprint density at radius 2 is 1.82 bits per heavy atom. The molecule has 33 heavy (non-hydrogen) atoms. The summed E-state index contributed by atoms with van der Waals surface area (Å²) in [5, 5.41) is 27.5. The van der Waals surface area contributed by atoms with Crippen LogP contribution >= 0.6 is 0 Å². The van der Waals surface area contributed by atoms with Gasteiger partial charge in [-0.1, -0.05) is 23.4 Å². The van der Waals surface area contributed by atoms with Crippen molar-refractivity contribution in [1.29, 1.82) is 0 Å². The van der Waals surface area contributed by atoms with Crippen LogP contribution in [0.15, 0.2) is 79.0 Å². The molecule has 3 aromatic carbocycles. The molecule has 0 bridgehead atoms. The lowest BCUT2D eigenvalue weighted by molar-refractivity contribution is 0.0696. The minimum absolute atomic E-state index is 0.107. The second kappa shape index (κ2) is 8.04. The largest absolute Gasteiger partial charge is 0.505 e. The predicted octanol–water partition coefficient (Wildman–Crippen LogP) is 4.82. The number of ether oxygens (including phenoxy) is 1. The van der Waals surface area contributed by atoms with E-state index in [1.807, 2.05) is 24.3 Å². The van der Waals surface area contributed by atoms with Gasteiger partial charge in [0.25, 0.3) is 0 Å². The Bertz CT molecular complexity index is 1520. The molecule has 0 aliphatic carbocycles. The highest BCUT2D eigenvalue weighted by Crippen LogP contribution is 2.33. The van der Waals surface area contributed by atoms with Gasteiger partial charge in [-0.25, -0.2) is 18.9 Å². The lowest BCUT2D eigenvalue weighted by atomic mass is 10.1. The zero-order valence-corrected chi connectivity index (χ0v) is 16.9. The third-order valence-electron chi connectivity index (χ3n) is 4.94. The molecule has 0 aliphatic rings. The molecule has 162 valence electrons. The van der Waals surface area contributed by atoms with Crippen LogP contribution < -0.4 is 4.74 Å². The molecule has 2 heterocycles. The number of phenolic OH excluding ortho intramolecular Hbond substituents is 1. The summed E-state index contributed by atoms with van der Waals surface area (Å²) in [4.78, 5) is 15.9. The van der Waals surface area contributed by atoms with E-state index in [0.717, 1.165) is 11.5 Å². The molecule has 0 amide bonds. The second-order valence-electron chi connectivity index (χ2n) is 7.14. The van der Waals surface area contributed by atoms with E-state index in [9.17, 15) is 19.4 Å². The van der Waals surface area contributed by atoms with E-state index in [1.54, 1.807) is 24.4 Å². The molecular weight excluding hydrogens is 427 g/mol. The number of pyridine rings is 1. The molecule has 9 heteroatoms. The number of hydrogen-bond donors (Lipinski definition) is 2. The Balaban J connectivity index is 1.56. The van der Waals surface area contributed by atoms with Gasteiger partial charge in [-0.05, 0) is 42.5 Å². The van der Waals surface area contributed by atoms with Gasteiger partial charge in [0.05, 0.1) is 28.7 Å². The highest BCUT2D eigenvalue weighted by Gasteiger charge is 2.14. The molecule has 0 aliphatic heterocycles. The molecule has 2 aromatic heterocycles. The van der Waals surface area contributed by atoms with E-state index in [-0.39, 0.29) is 5.56 Å². The first kappa shape index (κ1) is 20.1. The van der Waals surface area contributed by atoms with Crippen LogP contribution in [0.5, 0.6) is 17.2 Å². The molecule has 5 aromatic rings. The molecule has 0 fully saturated rings. The number of aromatic carboxylic acids is 1. The van der Waals surface area contributed by atoms with Crippen molar-refractivity contribution in [1.82, 2.24) is 20.0 Å². The average Bonchev–Trinajstić information content (AvgIpc) is 3.31. The normalized spacial score (nSPS) is 10.9. The van der Waals surface area contributed by atoms with Gasteiger partial charge in [-0.2, -0.15) is 0 Å². The summed E-state index contributed by atoms with van der Waals surface area (Å²) < 4.78 is 21.1.